The zero-order chi connectivity index (χ0) is 28.8. The lowest BCUT2D eigenvalue weighted by Gasteiger charge is -2.37. The summed E-state index contributed by atoms with van der Waals surface area (Å²) >= 11 is 1.74. The Morgan fingerprint density at radius 3 is 2.46 bits per heavy atom. The van der Waals surface area contributed by atoms with Crippen LogP contribution in [0.1, 0.15) is 60.2 Å². The number of carbonyl (C=O) groups is 2. The summed E-state index contributed by atoms with van der Waals surface area (Å²) in [6, 6.07) is 17.7. The average molecular weight is 575 g/mol. The van der Waals surface area contributed by atoms with Gasteiger partial charge in [-0.2, -0.15) is 0 Å². The summed E-state index contributed by atoms with van der Waals surface area (Å²) in [5.41, 5.74) is 4.28. The van der Waals surface area contributed by atoms with Crippen LogP contribution in [0.4, 0.5) is 10.5 Å². The van der Waals surface area contributed by atoms with Crippen LogP contribution in [0, 0.1) is 6.92 Å². The summed E-state index contributed by atoms with van der Waals surface area (Å²) in [4.78, 5) is 34.6. The minimum absolute atomic E-state index is 0.0323. The van der Waals surface area contributed by atoms with E-state index in [1.165, 1.54) is 23.3 Å². The zero-order valence-corrected chi connectivity index (χ0v) is 25.3. The number of carbonyl (C=O) groups excluding carboxylic acids is 2. The van der Waals surface area contributed by atoms with Crippen molar-refractivity contribution >= 4 is 29.0 Å². The minimum atomic E-state index is -0.243. The van der Waals surface area contributed by atoms with Crippen LogP contribution in [-0.2, 0) is 11.2 Å². The normalized spacial score (nSPS) is 17.0. The number of thiophene rings is 1. The molecule has 218 valence electrons. The molecule has 41 heavy (non-hydrogen) atoms. The third-order valence-corrected chi connectivity index (χ3v) is 9.17. The van der Waals surface area contributed by atoms with Crippen molar-refractivity contribution < 1.29 is 14.3 Å². The van der Waals surface area contributed by atoms with E-state index in [1.807, 2.05) is 48.2 Å². The molecule has 1 N–H and O–H groups in total. The Hall–Kier alpha value is -3.36. The molecule has 7 nitrogen and oxygen atoms in total. The van der Waals surface area contributed by atoms with Crippen LogP contribution in [0.25, 0.3) is 0 Å². The number of nitrogens with one attached hydrogen (secondary N) is 1. The van der Waals surface area contributed by atoms with E-state index < -0.39 is 0 Å². The number of benzene rings is 2. The molecule has 2 aliphatic heterocycles. The number of hydrogen-bond donors (Lipinski definition) is 1. The molecule has 1 saturated heterocycles. The summed E-state index contributed by atoms with van der Waals surface area (Å²) in [6.45, 7) is 10.8. The van der Waals surface area contributed by atoms with E-state index >= 15 is 0 Å². The number of urea groups is 1. The molecule has 1 aromatic heterocycles. The molecular weight excluding hydrogens is 532 g/mol. The van der Waals surface area contributed by atoms with Crippen LogP contribution in [0.2, 0.25) is 0 Å². The highest BCUT2D eigenvalue weighted by molar-refractivity contribution is 7.10. The van der Waals surface area contributed by atoms with Crippen LogP contribution < -0.4 is 10.1 Å². The van der Waals surface area contributed by atoms with Gasteiger partial charge in [0.05, 0.1) is 6.04 Å². The number of anilines is 1. The summed E-state index contributed by atoms with van der Waals surface area (Å²) < 4.78 is 6.25. The Kier molecular flexibility index (Phi) is 9.62. The van der Waals surface area contributed by atoms with Gasteiger partial charge >= 0.3 is 6.03 Å². The van der Waals surface area contributed by atoms with Gasteiger partial charge in [0, 0.05) is 30.2 Å². The highest BCUT2D eigenvalue weighted by Gasteiger charge is 2.33. The molecular formula is C33H42N4O3S. The van der Waals surface area contributed by atoms with Crippen molar-refractivity contribution in [2.45, 2.75) is 52.0 Å². The van der Waals surface area contributed by atoms with Crippen molar-refractivity contribution in [2.24, 2.45) is 0 Å². The molecule has 0 bridgehead atoms. The third-order valence-electron chi connectivity index (χ3n) is 8.17. The van der Waals surface area contributed by atoms with Gasteiger partial charge in [0.25, 0.3) is 0 Å². The first-order chi connectivity index (χ1) is 19.9. The van der Waals surface area contributed by atoms with Crippen LogP contribution in [-0.4, -0.2) is 72.5 Å². The second kappa shape index (κ2) is 13.5. The van der Waals surface area contributed by atoms with Crippen molar-refractivity contribution in [3.05, 3.63) is 81.5 Å². The second-order valence-corrected chi connectivity index (χ2v) is 12.5. The topological polar surface area (TPSA) is 65.1 Å². The van der Waals surface area contributed by atoms with Crippen LogP contribution in [0.5, 0.6) is 5.75 Å². The van der Waals surface area contributed by atoms with E-state index in [-0.39, 0.29) is 24.5 Å². The monoisotopic (exact) mass is 574 g/mol. The Bertz CT molecular complexity index is 1300. The fraction of sp³-hybridized carbons (Fsp3) is 0.455. The van der Waals surface area contributed by atoms with Crippen molar-refractivity contribution in [3.8, 4) is 5.75 Å². The van der Waals surface area contributed by atoms with Crippen LogP contribution in [0.15, 0.2) is 60.0 Å². The van der Waals surface area contributed by atoms with E-state index in [9.17, 15) is 9.59 Å². The maximum Gasteiger partial charge on any atom is 0.322 e. The van der Waals surface area contributed by atoms with E-state index in [0.717, 1.165) is 48.6 Å². The Labute approximate surface area is 248 Å². The first-order valence-electron chi connectivity index (χ1n) is 14.8. The highest BCUT2D eigenvalue weighted by Crippen LogP contribution is 2.34. The van der Waals surface area contributed by atoms with E-state index in [4.69, 9.17) is 4.74 Å². The van der Waals surface area contributed by atoms with Gasteiger partial charge in [-0.15, -0.1) is 11.3 Å². The molecule has 0 saturated carbocycles. The maximum absolute atomic E-state index is 13.9. The fourth-order valence-corrected chi connectivity index (χ4v) is 6.54. The first-order valence-corrected chi connectivity index (χ1v) is 15.7. The van der Waals surface area contributed by atoms with E-state index in [1.54, 1.807) is 16.2 Å². The lowest BCUT2D eigenvalue weighted by atomic mass is 10.00. The lowest BCUT2D eigenvalue weighted by molar-refractivity contribution is -0.135. The fourth-order valence-electron chi connectivity index (χ4n) is 5.61. The van der Waals surface area contributed by atoms with Crippen molar-refractivity contribution in [1.82, 2.24) is 14.7 Å². The Balaban J connectivity index is 1.29. The van der Waals surface area contributed by atoms with Crippen LogP contribution >= 0.6 is 11.3 Å². The molecule has 0 aliphatic carbocycles. The molecule has 0 radical (unpaired) electrons. The van der Waals surface area contributed by atoms with Crippen molar-refractivity contribution in [1.29, 1.82) is 0 Å². The number of nitrogens with zero attached hydrogens (tertiary/aromatic N) is 3. The molecule has 1 unspecified atom stereocenters. The first kappa shape index (κ1) is 29.1. The maximum atomic E-state index is 13.9. The van der Waals surface area contributed by atoms with Gasteiger partial charge in [0.2, 0.25) is 5.91 Å². The number of ether oxygens (including phenoxy) is 1. The molecule has 3 amide bonds. The molecule has 8 heteroatoms. The Morgan fingerprint density at radius 1 is 1.02 bits per heavy atom. The quantitative estimate of drug-likeness (QED) is 0.308. The summed E-state index contributed by atoms with van der Waals surface area (Å²) in [7, 11) is 0. The van der Waals surface area contributed by atoms with Crippen molar-refractivity contribution in [3.63, 3.8) is 0 Å². The molecule has 3 aromatic rings. The van der Waals surface area contributed by atoms with E-state index in [2.05, 4.69) is 47.6 Å². The van der Waals surface area contributed by atoms with Gasteiger partial charge < -0.3 is 24.8 Å². The average Bonchev–Trinajstić information content (AvgIpc) is 3.67. The predicted molar refractivity (Wildman–Crippen MR) is 166 cm³/mol. The Morgan fingerprint density at radius 2 is 1.76 bits per heavy atom. The molecule has 2 aliphatic rings. The smallest absolute Gasteiger partial charge is 0.322 e. The number of fused-ring (bicyclic) bond motifs is 1. The van der Waals surface area contributed by atoms with Crippen LogP contribution in [0.3, 0.4) is 0 Å². The summed E-state index contributed by atoms with van der Waals surface area (Å²) in [5, 5.41) is 5.11. The van der Waals surface area contributed by atoms with E-state index in [0.29, 0.717) is 25.6 Å². The number of amides is 3. The number of aryl methyl sites for hydroxylation is 1. The number of likely N-dealkylation sites (tertiary alicyclic amines) is 1. The molecule has 5 rings (SSSR count). The van der Waals surface area contributed by atoms with Gasteiger partial charge in [0.15, 0.2) is 0 Å². The SMILES string of the molecule is Cc1ccc(NC(=O)N(CCN2CCCC2)CC(=O)N2CCc3sccc3C2COc2ccc(C(C)C)cc2)cc1. The van der Waals surface area contributed by atoms with Crippen molar-refractivity contribution in [2.75, 3.05) is 51.2 Å². The summed E-state index contributed by atoms with van der Waals surface area (Å²) in [6.07, 6.45) is 3.20. The molecule has 1 atom stereocenters. The van der Waals surface area contributed by atoms with Gasteiger partial charge in [-0.3, -0.25) is 4.79 Å². The van der Waals surface area contributed by atoms with Gasteiger partial charge in [-0.25, -0.2) is 4.79 Å². The lowest BCUT2D eigenvalue weighted by Crippen LogP contribution is -2.50. The van der Waals surface area contributed by atoms with Gasteiger partial charge in [-0.05, 0) is 92.0 Å². The van der Waals surface area contributed by atoms with Gasteiger partial charge in [0.1, 0.15) is 18.9 Å². The second-order valence-electron chi connectivity index (χ2n) is 11.5. The largest absolute Gasteiger partial charge is 0.491 e. The summed E-state index contributed by atoms with van der Waals surface area (Å²) in [5.74, 6) is 1.21. The standard InChI is InChI=1S/C33H42N4O3S/c1-24(2)26-8-12-28(13-9-26)40-23-30-29-15-21-41-31(29)14-18-37(30)32(38)22-36(20-19-35-16-4-5-17-35)33(39)34-27-10-6-25(3)7-11-27/h6-13,15,21,24,30H,4-5,14,16-20,22-23H2,1-3H3,(H,34,39). The molecule has 1 fully saturated rings. The van der Waals surface area contributed by atoms with Gasteiger partial charge in [-0.1, -0.05) is 43.7 Å². The predicted octanol–water partition coefficient (Wildman–Crippen LogP) is 6.31. The zero-order valence-electron chi connectivity index (χ0n) is 24.5. The highest BCUT2D eigenvalue weighted by atomic mass is 32.1. The molecule has 2 aromatic carbocycles. The minimum Gasteiger partial charge on any atom is -0.491 e. The number of rotatable bonds is 10. The third kappa shape index (κ3) is 7.49. The molecule has 0 spiro atoms. The molecule has 3 heterocycles. The number of hydrogen-bond acceptors (Lipinski definition) is 5.